The summed E-state index contributed by atoms with van der Waals surface area (Å²) < 4.78 is 1.97. The Morgan fingerprint density at radius 3 is 2.27 bits per heavy atom. The van der Waals surface area contributed by atoms with Crippen LogP contribution in [0.3, 0.4) is 0 Å². The number of carbonyl (C=O) groups is 2. The van der Waals surface area contributed by atoms with E-state index in [1.807, 2.05) is 78.3 Å². The zero-order valence-electron chi connectivity index (χ0n) is 18.0. The number of imidazole rings is 1. The van der Waals surface area contributed by atoms with Gasteiger partial charge in [0, 0.05) is 29.1 Å². The molecule has 5 nitrogen and oxygen atoms in total. The molecular weight excluding hydrogens is 410 g/mol. The van der Waals surface area contributed by atoms with Gasteiger partial charge in [-0.1, -0.05) is 72.8 Å². The second-order valence-electron chi connectivity index (χ2n) is 7.79. The molecule has 0 saturated heterocycles. The van der Waals surface area contributed by atoms with Crippen molar-refractivity contribution in [2.24, 2.45) is 0 Å². The van der Waals surface area contributed by atoms with Gasteiger partial charge in [0.2, 0.25) is 0 Å². The first-order chi connectivity index (χ1) is 16.1. The van der Waals surface area contributed by atoms with E-state index in [2.05, 4.69) is 5.32 Å². The second-order valence-corrected chi connectivity index (χ2v) is 7.79. The minimum Gasteiger partial charge on any atom is -0.321 e. The summed E-state index contributed by atoms with van der Waals surface area (Å²) in [5.41, 5.74) is 5.36. The Morgan fingerprint density at radius 1 is 0.788 bits per heavy atom. The first-order valence-electron chi connectivity index (χ1n) is 10.7. The molecule has 0 fully saturated rings. The third-order valence-electron chi connectivity index (χ3n) is 5.58. The van der Waals surface area contributed by atoms with Crippen molar-refractivity contribution < 1.29 is 9.59 Å². The van der Waals surface area contributed by atoms with Crippen molar-refractivity contribution in [1.29, 1.82) is 0 Å². The minimum absolute atomic E-state index is 0.189. The normalized spacial score (nSPS) is 10.8. The summed E-state index contributed by atoms with van der Waals surface area (Å²) in [6.45, 7) is 2.01. The molecule has 160 valence electrons. The maximum absolute atomic E-state index is 13.3. The average molecular weight is 431 g/mol. The van der Waals surface area contributed by atoms with Gasteiger partial charge >= 0.3 is 0 Å². The summed E-state index contributed by atoms with van der Waals surface area (Å²) in [7, 11) is 0. The Kier molecular flexibility index (Phi) is 5.29. The van der Waals surface area contributed by atoms with Gasteiger partial charge in [0.1, 0.15) is 5.65 Å². The van der Waals surface area contributed by atoms with Crippen LogP contribution in [0.25, 0.3) is 16.9 Å². The van der Waals surface area contributed by atoms with Crippen LogP contribution in [-0.4, -0.2) is 21.1 Å². The molecule has 0 aliphatic rings. The van der Waals surface area contributed by atoms with Crippen molar-refractivity contribution >= 4 is 23.0 Å². The number of carbonyl (C=O) groups excluding carboxylic acids is 2. The van der Waals surface area contributed by atoms with E-state index in [4.69, 9.17) is 4.98 Å². The van der Waals surface area contributed by atoms with Crippen LogP contribution in [0.2, 0.25) is 0 Å². The number of hydrogen-bond donors (Lipinski definition) is 1. The fourth-order valence-electron chi connectivity index (χ4n) is 3.91. The first kappa shape index (κ1) is 20.4. The molecule has 5 rings (SSSR count). The summed E-state index contributed by atoms with van der Waals surface area (Å²) in [5.74, 6) is -0.535. The van der Waals surface area contributed by atoms with E-state index in [0.717, 1.165) is 22.5 Å². The third kappa shape index (κ3) is 3.92. The highest BCUT2D eigenvalue weighted by molar-refractivity contribution is 6.18. The lowest BCUT2D eigenvalue weighted by atomic mass is 9.97. The Labute approximate surface area is 191 Å². The molecule has 0 spiro atoms. The molecule has 5 heteroatoms. The van der Waals surface area contributed by atoms with E-state index >= 15 is 0 Å². The number of nitrogens with one attached hydrogen (secondary N) is 1. The summed E-state index contributed by atoms with van der Waals surface area (Å²) in [4.78, 5) is 31.1. The molecule has 0 bridgehead atoms. The van der Waals surface area contributed by atoms with Crippen molar-refractivity contribution in [3.63, 3.8) is 0 Å². The van der Waals surface area contributed by atoms with Gasteiger partial charge in [0.15, 0.2) is 5.78 Å². The molecular formula is C28H21N3O2. The van der Waals surface area contributed by atoms with Gasteiger partial charge < -0.3 is 9.72 Å². The summed E-state index contributed by atoms with van der Waals surface area (Å²) in [5, 5.41) is 2.99. The standard InChI is InChI=1S/C28H21N3O2/c1-19-10-9-17-31-18-25(29-27(19)31)23-15-7-8-16-24(23)30-28(33)22-14-6-5-13-21(22)26(32)20-11-3-2-4-12-20/h2-18H,1H3,(H,30,33). The SMILES string of the molecule is Cc1cccn2cc(-c3ccccc3NC(=O)c3ccccc3C(=O)c3ccccc3)nc12. The first-order valence-corrected chi connectivity index (χ1v) is 10.7. The maximum Gasteiger partial charge on any atom is 0.256 e. The summed E-state index contributed by atoms with van der Waals surface area (Å²) >= 11 is 0. The van der Waals surface area contributed by atoms with Gasteiger partial charge in [0.25, 0.3) is 5.91 Å². The quantitative estimate of drug-likeness (QED) is 0.358. The van der Waals surface area contributed by atoms with Crippen molar-refractivity contribution in [2.45, 2.75) is 6.92 Å². The zero-order valence-corrected chi connectivity index (χ0v) is 18.0. The number of anilines is 1. The fraction of sp³-hybridized carbons (Fsp3) is 0.0357. The number of amides is 1. The molecule has 5 aromatic rings. The zero-order chi connectivity index (χ0) is 22.8. The molecule has 0 unspecified atom stereocenters. The predicted octanol–water partition coefficient (Wildman–Crippen LogP) is 5.79. The predicted molar refractivity (Wildman–Crippen MR) is 130 cm³/mol. The Hall–Kier alpha value is -4.51. The monoisotopic (exact) mass is 431 g/mol. The molecule has 0 radical (unpaired) electrons. The van der Waals surface area contributed by atoms with E-state index in [0.29, 0.717) is 22.4 Å². The van der Waals surface area contributed by atoms with Gasteiger partial charge in [-0.05, 0) is 30.7 Å². The molecule has 1 N–H and O–H groups in total. The maximum atomic E-state index is 13.3. The Bertz CT molecular complexity index is 1490. The number of hydrogen-bond acceptors (Lipinski definition) is 3. The van der Waals surface area contributed by atoms with Crippen molar-refractivity contribution in [1.82, 2.24) is 9.38 Å². The molecule has 0 atom stereocenters. The van der Waals surface area contributed by atoms with E-state index in [-0.39, 0.29) is 11.7 Å². The van der Waals surface area contributed by atoms with Crippen LogP contribution in [0.15, 0.2) is 103 Å². The number of aromatic nitrogens is 2. The fourth-order valence-corrected chi connectivity index (χ4v) is 3.91. The van der Waals surface area contributed by atoms with Gasteiger partial charge in [-0.15, -0.1) is 0 Å². The molecule has 1 amide bonds. The number of aryl methyl sites for hydroxylation is 1. The van der Waals surface area contributed by atoms with Gasteiger partial charge in [-0.25, -0.2) is 4.98 Å². The topological polar surface area (TPSA) is 63.5 Å². The van der Waals surface area contributed by atoms with E-state index < -0.39 is 0 Å². The lowest BCUT2D eigenvalue weighted by Crippen LogP contribution is -2.17. The number of para-hydroxylation sites is 1. The van der Waals surface area contributed by atoms with Crippen molar-refractivity contribution in [3.05, 3.63) is 126 Å². The number of pyridine rings is 1. The third-order valence-corrected chi connectivity index (χ3v) is 5.58. The summed E-state index contributed by atoms with van der Waals surface area (Å²) in [6, 6.07) is 27.4. The highest BCUT2D eigenvalue weighted by atomic mass is 16.2. The van der Waals surface area contributed by atoms with Gasteiger partial charge in [0.05, 0.1) is 16.9 Å². The lowest BCUT2D eigenvalue weighted by Gasteiger charge is -2.12. The van der Waals surface area contributed by atoms with Crippen molar-refractivity contribution in [3.8, 4) is 11.3 Å². The lowest BCUT2D eigenvalue weighted by molar-refractivity contribution is 0.0996. The summed E-state index contributed by atoms with van der Waals surface area (Å²) in [6.07, 6.45) is 3.89. The minimum atomic E-state index is -0.345. The number of fused-ring (bicyclic) bond motifs is 1. The van der Waals surface area contributed by atoms with Crippen LogP contribution in [0, 0.1) is 6.92 Å². The van der Waals surface area contributed by atoms with Crippen LogP contribution in [0.4, 0.5) is 5.69 Å². The van der Waals surface area contributed by atoms with Gasteiger partial charge in [-0.3, -0.25) is 9.59 Å². The Morgan fingerprint density at radius 2 is 1.48 bits per heavy atom. The molecule has 33 heavy (non-hydrogen) atoms. The number of benzene rings is 3. The molecule has 0 aliphatic heterocycles. The van der Waals surface area contributed by atoms with Crippen LogP contribution in [0.1, 0.15) is 31.8 Å². The van der Waals surface area contributed by atoms with Crippen LogP contribution in [-0.2, 0) is 0 Å². The highest BCUT2D eigenvalue weighted by Gasteiger charge is 2.19. The van der Waals surface area contributed by atoms with Crippen LogP contribution in [0.5, 0.6) is 0 Å². The number of nitrogens with zero attached hydrogens (tertiary/aromatic N) is 2. The molecule has 3 aromatic carbocycles. The van der Waals surface area contributed by atoms with E-state index in [9.17, 15) is 9.59 Å². The smallest absolute Gasteiger partial charge is 0.256 e. The number of rotatable bonds is 5. The molecule has 2 aromatic heterocycles. The largest absolute Gasteiger partial charge is 0.321 e. The second kappa shape index (κ2) is 8.55. The average Bonchev–Trinajstić information content (AvgIpc) is 3.30. The van der Waals surface area contributed by atoms with Crippen LogP contribution < -0.4 is 5.32 Å². The molecule has 0 saturated carbocycles. The number of ketones is 1. The Balaban J connectivity index is 1.50. The van der Waals surface area contributed by atoms with E-state index in [1.165, 1.54) is 0 Å². The van der Waals surface area contributed by atoms with E-state index in [1.54, 1.807) is 36.4 Å². The molecule has 2 heterocycles. The highest BCUT2D eigenvalue weighted by Crippen LogP contribution is 2.29. The van der Waals surface area contributed by atoms with Gasteiger partial charge in [-0.2, -0.15) is 0 Å². The molecule has 0 aliphatic carbocycles. The van der Waals surface area contributed by atoms with Crippen molar-refractivity contribution in [2.75, 3.05) is 5.32 Å². The van der Waals surface area contributed by atoms with Crippen LogP contribution >= 0.6 is 0 Å².